The van der Waals surface area contributed by atoms with Gasteiger partial charge >= 0.3 is 5.97 Å². The molecule has 20 heavy (non-hydrogen) atoms. The number of halogens is 1. The van der Waals surface area contributed by atoms with Gasteiger partial charge in [0.05, 0.1) is 13.1 Å². The zero-order valence-corrected chi connectivity index (χ0v) is 12.3. The van der Waals surface area contributed by atoms with Crippen LogP contribution >= 0.6 is 15.9 Å². The van der Waals surface area contributed by atoms with Crippen LogP contribution in [-0.4, -0.2) is 65.2 Å². The van der Waals surface area contributed by atoms with Gasteiger partial charge in [0.15, 0.2) is 0 Å². The monoisotopic (exact) mass is 349 g/mol. The number of aliphatic carboxylic acids is 1. The fourth-order valence-corrected chi connectivity index (χ4v) is 2.19. The van der Waals surface area contributed by atoms with Crippen molar-refractivity contribution in [3.8, 4) is 0 Å². The molecule has 1 aliphatic heterocycles. The number of nitrogens with one attached hydrogen (secondary N) is 2. The third kappa shape index (κ3) is 5.55. The number of rotatable bonds is 7. The largest absolute Gasteiger partial charge is 0.480 e. The number of carbonyl (C=O) groups is 4. The Balaban J connectivity index is 2.25. The van der Waals surface area contributed by atoms with Crippen molar-refractivity contribution in [2.45, 2.75) is 6.42 Å². The van der Waals surface area contributed by atoms with Gasteiger partial charge in [-0.3, -0.25) is 19.2 Å². The van der Waals surface area contributed by atoms with Crippen LogP contribution in [0.25, 0.3) is 0 Å². The zero-order valence-electron chi connectivity index (χ0n) is 10.7. The predicted octanol–water partition coefficient (Wildman–Crippen LogP) is -1.45. The van der Waals surface area contributed by atoms with Crippen molar-refractivity contribution in [3.05, 3.63) is 0 Å². The summed E-state index contributed by atoms with van der Waals surface area (Å²) in [5, 5.41) is 13.5. The molecule has 3 N–H and O–H groups in total. The maximum Gasteiger partial charge on any atom is 0.322 e. The molecule has 1 aliphatic rings. The molecule has 9 heteroatoms. The highest BCUT2D eigenvalue weighted by Gasteiger charge is 2.29. The molecule has 0 radical (unpaired) electrons. The van der Waals surface area contributed by atoms with Crippen LogP contribution in [0.2, 0.25) is 0 Å². The number of carboxylic acids is 1. The van der Waals surface area contributed by atoms with E-state index in [0.29, 0.717) is 18.3 Å². The number of amides is 3. The standard InChI is InChI=1S/C11H16BrN3O5/c12-2-7-1-10(18)15(5-7)6-9(17)13-3-8(16)14-4-11(19)20/h7H,1-6H2,(H,13,17)(H,14,16)(H,19,20). The van der Waals surface area contributed by atoms with Gasteiger partial charge in [-0.2, -0.15) is 0 Å². The van der Waals surface area contributed by atoms with Gasteiger partial charge in [0.1, 0.15) is 6.54 Å². The molecule has 0 aromatic carbocycles. The Hall–Kier alpha value is -1.64. The number of likely N-dealkylation sites (tertiary alicyclic amines) is 1. The molecule has 3 amide bonds. The SMILES string of the molecule is O=C(O)CNC(=O)CNC(=O)CN1CC(CBr)CC1=O. The number of nitrogens with zero attached hydrogens (tertiary/aromatic N) is 1. The van der Waals surface area contributed by atoms with Gasteiger partial charge in [0, 0.05) is 18.3 Å². The molecule has 0 saturated carbocycles. The molecule has 112 valence electrons. The van der Waals surface area contributed by atoms with Crippen molar-refractivity contribution in [3.63, 3.8) is 0 Å². The molecule has 0 bridgehead atoms. The number of hydrogen-bond acceptors (Lipinski definition) is 4. The highest BCUT2D eigenvalue weighted by atomic mass is 79.9. The highest BCUT2D eigenvalue weighted by Crippen LogP contribution is 2.18. The smallest absolute Gasteiger partial charge is 0.322 e. The molecule has 1 fully saturated rings. The van der Waals surface area contributed by atoms with Crippen LogP contribution in [-0.2, 0) is 19.2 Å². The van der Waals surface area contributed by atoms with E-state index in [1.165, 1.54) is 4.90 Å². The lowest BCUT2D eigenvalue weighted by Gasteiger charge is -2.15. The summed E-state index contributed by atoms with van der Waals surface area (Å²) in [6.07, 6.45) is 0.414. The van der Waals surface area contributed by atoms with Crippen molar-refractivity contribution in [2.24, 2.45) is 5.92 Å². The van der Waals surface area contributed by atoms with E-state index in [0.717, 1.165) is 0 Å². The van der Waals surface area contributed by atoms with Crippen LogP contribution in [0.5, 0.6) is 0 Å². The summed E-state index contributed by atoms with van der Waals surface area (Å²) in [7, 11) is 0. The fraction of sp³-hybridized carbons (Fsp3) is 0.636. The van der Waals surface area contributed by atoms with Crippen LogP contribution in [0.15, 0.2) is 0 Å². The molecule has 0 aromatic rings. The Kier molecular flexibility index (Phi) is 6.43. The van der Waals surface area contributed by atoms with Gasteiger partial charge < -0.3 is 20.6 Å². The first kappa shape index (κ1) is 16.4. The molecule has 0 aliphatic carbocycles. The summed E-state index contributed by atoms with van der Waals surface area (Å²) < 4.78 is 0. The van der Waals surface area contributed by atoms with Crippen molar-refractivity contribution >= 4 is 39.6 Å². The normalized spacial score (nSPS) is 17.9. The van der Waals surface area contributed by atoms with Crippen molar-refractivity contribution in [1.29, 1.82) is 0 Å². The summed E-state index contributed by atoms with van der Waals surface area (Å²) in [5.41, 5.74) is 0. The Bertz CT molecular complexity index is 415. The average molecular weight is 350 g/mol. The second-order valence-electron chi connectivity index (χ2n) is 4.45. The topological polar surface area (TPSA) is 116 Å². The van der Waals surface area contributed by atoms with Crippen LogP contribution in [0.3, 0.4) is 0 Å². The molecule has 8 nitrogen and oxygen atoms in total. The summed E-state index contributed by atoms with van der Waals surface area (Å²) in [6.45, 7) is -0.375. The van der Waals surface area contributed by atoms with Gasteiger partial charge in [-0.1, -0.05) is 15.9 Å². The van der Waals surface area contributed by atoms with Gasteiger partial charge in [-0.15, -0.1) is 0 Å². The minimum atomic E-state index is -1.16. The van der Waals surface area contributed by atoms with E-state index in [1.807, 2.05) is 0 Å². The Morgan fingerprint density at radius 3 is 2.45 bits per heavy atom. The summed E-state index contributed by atoms with van der Waals surface area (Å²) in [4.78, 5) is 46.0. The van der Waals surface area contributed by atoms with Crippen LogP contribution < -0.4 is 10.6 Å². The first-order chi connectivity index (χ1) is 9.42. The highest BCUT2D eigenvalue weighted by molar-refractivity contribution is 9.09. The fourth-order valence-electron chi connectivity index (χ4n) is 1.75. The molecule has 1 heterocycles. The molecule has 0 spiro atoms. The first-order valence-electron chi connectivity index (χ1n) is 6.01. The van der Waals surface area contributed by atoms with E-state index in [2.05, 4.69) is 26.6 Å². The Morgan fingerprint density at radius 2 is 1.90 bits per heavy atom. The van der Waals surface area contributed by atoms with E-state index in [-0.39, 0.29) is 24.9 Å². The second-order valence-corrected chi connectivity index (χ2v) is 5.09. The molecule has 1 unspecified atom stereocenters. The molecule has 1 rings (SSSR count). The number of alkyl halides is 1. The van der Waals surface area contributed by atoms with E-state index in [9.17, 15) is 19.2 Å². The van der Waals surface area contributed by atoms with Gasteiger partial charge in [-0.05, 0) is 5.92 Å². The zero-order chi connectivity index (χ0) is 15.1. The third-order valence-corrected chi connectivity index (χ3v) is 3.65. The van der Waals surface area contributed by atoms with Gasteiger partial charge in [-0.25, -0.2) is 0 Å². The van der Waals surface area contributed by atoms with Crippen molar-refractivity contribution in [1.82, 2.24) is 15.5 Å². The third-order valence-electron chi connectivity index (χ3n) is 2.73. The number of carbonyl (C=O) groups excluding carboxylic acids is 3. The minimum Gasteiger partial charge on any atom is -0.480 e. The van der Waals surface area contributed by atoms with Crippen molar-refractivity contribution < 1.29 is 24.3 Å². The maximum absolute atomic E-state index is 11.6. The lowest BCUT2D eigenvalue weighted by Crippen LogP contribution is -2.43. The summed E-state index contributed by atoms with van der Waals surface area (Å²) in [5.74, 6) is -2.08. The van der Waals surface area contributed by atoms with E-state index in [1.54, 1.807) is 0 Å². The maximum atomic E-state index is 11.6. The molecule has 1 atom stereocenters. The van der Waals surface area contributed by atoms with E-state index < -0.39 is 24.3 Å². The van der Waals surface area contributed by atoms with Crippen LogP contribution in [0.4, 0.5) is 0 Å². The second kappa shape index (κ2) is 7.83. The van der Waals surface area contributed by atoms with Crippen LogP contribution in [0.1, 0.15) is 6.42 Å². The van der Waals surface area contributed by atoms with E-state index in [4.69, 9.17) is 5.11 Å². The summed E-state index contributed by atoms with van der Waals surface area (Å²) >= 11 is 3.30. The molecule has 0 aromatic heterocycles. The van der Waals surface area contributed by atoms with Crippen molar-refractivity contribution in [2.75, 3.05) is 31.5 Å². The number of carboxylic acid groups (broad SMARTS) is 1. The molecular formula is C11H16BrN3O5. The first-order valence-corrected chi connectivity index (χ1v) is 7.13. The van der Waals surface area contributed by atoms with Gasteiger partial charge in [0.25, 0.3) is 0 Å². The van der Waals surface area contributed by atoms with Gasteiger partial charge in [0.2, 0.25) is 17.7 Å². The lowest BCUT2D eigenvalue weighted by atomic mass is 10.2. The minimum absolute atomic E-state index is 0.0834. The number of hydrogen-bond donors (Lipinski definition) is 3. The summed E-state index contributed by atoms with van der Waals surface area (Å²) in [6, 6.07) is 0. The predicted molar refractivity (Wildman–Crippen MR) is 72.1 cm³/mol. The lowest BCUT2D eigenvalue weighted by molar-refractivity contribution is -0.138. The molecule has 1 saturated heterocycles. The average Bonchev–Trinajstić information content (AvgIpc) is 2.74. The molecular weight excluding hydrogens is 334 g/mol. The van der Waals surface area contributed by atoms with Crippen LogP contribution in [0, 0.1) is 5.92 Å². The quantitative estimate of drug-likeness (QED) is 0.486. The Labute approximate surface area is 124 Å². The Morgan fingerprint density at radius 1 is 1.25 bits per heavy atom. The van der Waals surface area contributed by atoms with E-state index >= 15 is 0 Å².